The maximum absolute atomic E-state index is 14.6. The Hall–Kier alpha value is -2.74. The van der Waals surface area contributed by atoms with Gasteiger partial charge in [0.1, 0.15) is 5.82 Å². The lowest BCUT2D eigenvalue weighted by Gasteiger charge is -2.09. The fourth-order valence-corrected chi connectivity index (χ4v) is 2.19. The Balaban J connectivity index is 2.13. The molecule has 2 N–H and O–H groups in total. The van der Waals surface area contributed by atoms with Gasteiger partial charge < -0.3 is 10.4 Å². The molecule has 0 fully saturated rings. The smallest absolute Gasteiger partial charge is 0.223 e. The van der Waals surface area contributed by atoms with Crippen LogP contribution in [0.2, 0.25) is 0 Å². The Morgan fingerprint density at radius 3 is 2.48 bits per heavy atom. The summed E-state index contributed by atoms with van der Waals surface area (Å²) in [5.74, 6) is -2.50. The topological polar surface area (TPSA) is 70.9 Å². The van der Waals surface area contributed by atoms with Crippen molar-refractivity contribution >= 4 is 16.9 Å². The molecule has 0 aliphatic heterocycles. The van der Waals surface area contributed by atoms with E-state index >= 15 is 0 Å². The summed E-state index contributed by atoms with van der Waals surface area (Å²) >= 11 is 0. The van der Waals surface area contributed by atoms with E-state index in [1.165, 1.54) is 18.3 Å². The van der Waals surface area contributed by atoms with E-state index in [0.717, 1.165) is 12.4 Å². The predicted molar refractivity (Wildman–Crippen MR) is 78.2 cm³/mol. The van der Waals surface area contributed by atoms with Crippen LogP contribution in [0, 0.1) is 17.5 Å². The lowest BCUT2D eigenvalue weighted by Crippen LogP contribution is -2.08. The second-order valence-corrected chi connectivity index (χ2v) is 4.68. The molecule has 0 saturated carbocycles. The molecule has 2 aromatic heterocycles. The Morgan fingerprint density at radius 1 is 1.04 bits per heavy atom. The molecule has 0 radical (unpaired) electrons. The molecule has 5 nitrogen and oxygen atoms in total. The average molecular weight is 320 g/mol. The molecule has 0 atom stereocenters. The third kappa shape index (κ3) is 2.80. The first-order valence-electron chi connectivity index (χ1n) is 6.71. The van der Waals surface area contributed by atoms with Gasteiger partial charge in [0.2, 0.25) is 5.95 Å². The SMILES string of the molecule is OCCNc1ncc2c(F)c(-c3c(F)cncc3F)ccc2n1. The van der Waals surface area contributed by atoms with Crippen LogP contribution in [0.5, 0.6) is 0 Å². The highest BCUT2D eigenvalue weighted by atomic mass is 19.1. The molecule has 118 valence electrons. The second-order valence-electron chi connectivity index (χ2n) is 4.68. The van der Waals surface area contributed by atoms with E-state index in [-0.39, 0.29) is 35.6 Å². The van der Waals surface area contributed by atoms with E-state index in [2.05, 4.69) is 20.3 Å². The maximum Gasteiger partial charge on any atom is 0.223 e. The van der Waals surface area contributed by atoms with Crippen LogP contribution in [0.1, 0.15) is 0 Å². The summed E-state index contributed by atoms with van der Waals surface area (Å²) in [6, 6.07) is 2.70. The third-order valence-electron chi connectivity index (χ3n) is 3.22. The Kier molecular flexibility index (Phi) is 4.07. The number of aliphatic hydroxyl groups excluding tert-OH is 1. The van der Waals surface area contributed by atoms with Gasteiger partial charge in [0.25, 0.3) is 0 Å². The molecule has 0 bridgehead atoms. The number of fused-ring (bicyclic) bond motifs is 1. The minimum Gasteiger partial charge on any atom is -0.395 e. The van der Waals surface area contributed by atoms with Gasteiger partial charge >= 0.3 is 0 Å². The number of halogens is 3. The number of rotatable bonds is 4. The van der Waals surface area contributed by atoms with Crippen LogP contribution < -0.4 is 5.32 Å². The minimum absolute atomic E-state index is 0.0349. The van der Waals surface area contributed by atoms with Crippen LogP contribution in [-0.2, 0) is 0 Å². The van der Waals surface area contributed by atoms with Crippen LogP contribution in [-0.4, -0.2) is 33.2 Å². The van der Waals surface area contributed by atoms with Crippen molar-refractivity contribution in [2.24, 2.45) is 0 Å². The normalized spacial score (nSPS) is 11.0. The summed E-state index contributed by atoms with van der Waals surface area (Å²) in [5, 5.41) is 11.5. The number of nitrogens with one attached hydrogen (secondary N) is 1. The van der Waals surface area contributed by atoms with E-state index < -0.39 is 23.0 Å². The fraction of sp³-hybridized carbons (Fsp3) is 0.133. The van der Waals surface area contributed by atoms with Gasteiger partial charge in [0.15, 0.2) is 11.6 Å². The molecule has 0 aliphatic carbocycles. The molecule has 0 saturated heterocycles. The number of benzene rings is 1. The largest absolute Gasteiger partial charge is 0.395 e. The van der Waals surface area contributed by atoms with Crippen molar-refractivity contribution < 1.29 is 18.3 Å². The molecule has 3 rings (SSSR count). The van der Waals surface area contributed by atoms with E-state index in [9.17, 15) is 13.2 Å². The highest BCUT2D eigenvalue weighted by Gasteiger charge is 2.18. The van der Waals surface area contributed by atoms with Crippen LogP contribution in [0.25, 0.3) is 22.0 Å². The fourth-order valence-electron chi connectivity index (χ4n) is 2.19. The number of pyridine rings is 1. The van der Waals surface area contributed by atoms with Gasteiger partial charge in [-0.05, 0) is 12.1 Å². The molecule has 23 heavy (non-hydrogen) atoms. The standard InChI is InChI=1S/C15H11F3N4O/c16-10-6-19-7-11(17)13(10)8-1-2-12-9(14(8)18)5-21-15(22-12)20-3-4-23/h1-2,5-7,23H,3-4H2,(H,20,21,22). The van der Waals surface area contributed by atoms with Crippen molar-refractivity contribution in [1.29, 1.82) is 0 Å². The summed E-state index contributed by atoms with van der Waals surface area (Å²) in [6.45, 7) is 0.148. The third-order valence-corrected chi connectivity index (χ3v) is 3.22. The van der Waals surface area contributed by atoms with E-state index in [0.29, 0.717) is 0 Å². The zero-order valence-corrected chi connectivity index (χ0v) is 11.7. The molecule has 1 aromatic carbocycles. The molecule has 8 heteroatoms. The number of nitrogens with zero attached hydrogens (tertiary/aromatic N) is 3. The molecule has 0 amide bonds. The van der Waals surface area contributed by atoms with Crippen molar-refractivity contribution in [3.8, 4) is 11.1 Å². The molecule has 0 spiro atoms. The van der Waals surface area contributed by atoms with Gasteiger partial charge in [-0.2, -0.15) is 0 Å². The number of aliphatic hydroxyl groups is 1. The highest BCUT2D eigenvalue weighted by molar-refractivity contribution is 5.85. The lowest BCUT2D eigenvalue weighted by molar-refractivity contribution is 0.311. The zero-order chi connectivity index (χ0) is 16.4. The highest BCUT2D eigenvalue weighted by Crippen LogP contribution is 2.31. The number of hydrogen-bond donors (Lipinski definition) is 2. The van der Waals surface area contributed by atoms with E-state index in [1.807, 2.05) is 0 Å². The number of hydrogen-bond acceptors (Lipinski definition) is 5. The van der Waals surface area contributed by atoms with Crippen molar-refractivity contribution in [2.75, 3.05) is 18.5 Å². The van der Waals surface area contributed by atoms with Gasteiger partial charge in [0.05, 0.1) is 35.5 Å². The van der Waals surface area contributed by atoms with Gasteiger partial charge in [-0.15, -0.1) is 0 Å². The monoisotopic (exact) mass is 320 g/mol. The number of anilines is 1. The van der Waals surface area contributed by atoms with Crippen molar-refractivity contribution in [1.82, 2.24) is 15.0 Å². The summed E-state index contributed by atoms with van der Waals surface area (Å²) < 4.78 is 42.2. The molecule has 2 heterocycles. The average Bonchev–Trinajstić information content (AvgIpc) is 2.54. The molecular weight excluding hydrogens is 309 g/mol. The van der Waals surface area contributed by atoms with Crippen LogP contribution in [0.3, 0.4) is 0 Å². The minimum atomic E-state index is -0.953. The predicted octanol–water partition coefficient (Wildman–Crippen LogP) is 2.51. The van der Waals surface area contributed by atoms with Crippen molar-refractivity contribution in [3.05, 3.63) is 48.2 Å². The molecular formula is C15H11F3N4O. The van der Waals surface area contributed by atoms with Crippen LogP contribution in [0.4, 0.5) is 19.1 Å². The van der Waals surface area contributed by atoms with Crippen molar-refractivity contribution in [2.45, 2.75) is 0 Å². The second kappa shape index (κ2) is 6.17. The Morgan fingerprint density at radius 2 is 1.78 bits per heavy atom. The van der Waals surface area contributed by atoms with E-state index in [4.69, 9.17) is 5.11 Å². The van der Waals surface area contributed by atoms with Gasteiger partial charge in [0, 0.05) is 18.3 Å². The summed E-state index contributed by atoms with van der Waals surface area (Å²) in [6.07, 6.45) is 2.86. The zero-order valence-electron chi connectivity index (χ0n) is 11.7. The van der Waals surface area contributed by atoms with Crippen molar-refractivity contribution in [3.63, 3.8) is 0 Å². The molecule has 0 aliphatic rings. The first kappa shape index (κ1) is 15.2. The summed E-state index contributed by atoms with van der Waals surface area (Å²) in [4.78, 5) is 11.4. The lowest BCUT2D eigenvalue weighted by atomic mass is 10.0. The van der Waals surface area contributed by atoms with Gasteiger partial charge in [-0.1, -0.05) is 0 Å². The van der Waals surface area contributed by atoms with Crippen LogP contribution >= 0.6 is 0 Å². The quantitative estimate of drug-likeness (QED) is 0.773. The summed E-state index contributed by atoms with van der Waals surface area (Å²) in [7, 11) is 0. The maximum atomic E-state index is 14.6. The Bertz CT molecular complexity index is 852. The number of aromatic nitrogens is 3. The first-order valence-corrected chi connectivity index (χ1v) is 6.71. The Labute approximate surface area is 128 Å². The van der Waals surface area contributed by atoms with E-state index in [1.54, 1.807) is 0 Å². The van der Waals surface area contributed by atoms with Crippen LogP contribution in [0.15, 0.2) is 30.7 Å². The first-order chi connectivity index (χ1) is 11.1. The van der Waals surface area contributed by atoms with Gasteiger partial charge in [-0.3, -0.25) is 4.98 Å². The molecule has 3 aromatic rings. The van der Waals surface area contributed by atoms with Gasteiger partial charge in [-0.25, -0.2) is 23.1 Å². The molecule has 0 unspecified atom stereocenters. The summed E-state index contributed by atoms with van der Waals surface area (Å²) in [5.41, 5.74) is -0.437.